The number of pyridine rings is 1. The van der Waals surface area contributed by atoms with E-state index in [-0.39, 0.29) is 6.04 Å². The van der Waals surface area contributed by atoms with E-state index in [1.165, 1.54) is 5.56 Å². The van der Waals surface area contributed by atoms with Crippen molar-refractivity contribution in [2.45, 2.75) is 18.9 Å². The lowest BCUT2D eigenvalue weighted by molar-refractivity contribution is 0.461. The first kappa shape index (κ1) is 7.85. The number of fused-ring (bicyclic) bond motifs is 1. The Hall–Kier alpha value is -1.51. The molecule has 1 atom stereocenters. The summed E-state index contributed by atoms with van der Waals surface area (Å²) in [4.78, 5) is 4.20. The fraction of sp³-hybridized carbons (Fsp3) is 0.364. The number of hydrogen-bond donors (Lipinski definition) is 0. The monoisotopic (exact) mass is 185 g/mol. The largest absolute Gasteiger partial charge is 0.235 e. The van der Waals surface area contributed by atoms with Gasteiger partial charge in [-0.3, -0.25) is 0 Å². The van der Waals surface area contributed by atoms with Crippen LogP contribution in [0.25, 0.3) is 0 Å². The highest BCUT2D eigenvalue weighted by Gasteiger charge is 2.29. The van der Waals surface area contributed by atoms with Crippen LogP contribution in [0.15, 0.2) is 40.7 Å². The standard InChI is InChI=1S/C11H11N3/c1-2-5-8(4-1)10-9-6-3-7-12-11(9)14-13-10/h1-3,6-8,10H,4-5H2. The van der Waals surface area contributed by atoms with Gasteiger partial charge in [0.15, 0.2) is 5.82 Å². The van der Waals surface area contributed by atoms with E-state index in [2.05, 4.69) is 33.4 Å². The normalized spacial score (nSPS) is 24.4. The number of nitrogens with zero attached hydrogens (tertiary/aromatic N) is 3. The second-order valence-corrected chi connectivity index (χ2v) is 3.78. The van der Waals surface area contributed by atoms with Crippen molar-refractivity contribution in [3.05, 3.63) is 36.0 Å². The molecule has 1 aliphatic carbocycles. The van der Waals surface area contributed by atoms with Crippen LogP contribution in [-0.4, -0.2) is 4.98 Å². The van der Waals surface area contributed by atoms with Gasteiger partial charge in [0.25, 0.3) is 0 Å². The minimum Gasteiger partial charge on any atom is -0.235 e. The van der Waals surface area contributed by atoms with Crippen LogP contribution < -0.4 is 0 Å². The Morgan fingerprint density at radius 1 is 1.21 bits per heavy atom. The van der Waals surface area contributed by atoms with Crippen LogP contribution in [0.1, 0.15) is 24.4 Å². The van der Waals surface area contributed by atoms with Crippen molar-refractivity contribution in [1.29, 1.82) is 0 Å². The van der Waals surface area contributed by atoms with E-state index in [1.807, 2.05) is 6.07 Å². The van der Waals surface area contributed by atoms with Crippen LogP contribution in [0.2, 0.25) is 0 Å². The molecule has 14 heavy (non-hydrogen) atoms. The third kappa shape index (κ3) is 1.09. The molecule has 70 valence electrons. The third-order valence-electron chi connectivity index (χ3n) is 2.90. The van der Waals surface area contributed by atoms with Gasteiger partial charge >= 0.3 is 0 Å². The van der Waals surface area contributed by atoms with Gasteiger partial charge in [-0.25, -0.2) is 4.98 Å². The fourth-order valence-electron chi connectivity index (χ4n) is 2.15. The third-order valence-corrected chi connectivity index (χ3v) is 2.90. The molecule has 0 fully saturated rings. The zero-order chi connectivity index (χ0) is 9.38. The van der Waals surface area contributed by atoms with E-state index >= 15 is 0 Å². The fourth-order valence-corrected chi connectivity index (χ4v) is 2.15. The lowest BCUT2D eigenvalue weighted by Crippen LogP contribution is -2.05. The minimum atomic E-state index is 0.244. The van der Waals surface area contributed by atoms with Crippen LogP contribution in [-0.2, 0) is 0 Å². The van der Waals surface area contributed by atoms with Gasteiger partial charge in [-0.1, -0.05) is 18.2 Å². The van der Waals surface area contributed by atoms with Crippen molar-refractivity contribution in [2.75, 3.05) is 0 Å². The summed E-state index contributed by atoms with van der Waals surface area (Å²) >= 11 is 0. The van der Waals surface area contributed by atoms with Crippen molar-refractivity contribution in [2.24, 2.45) is 16.1 Å². The van der Waals surface area contributed by atoms with E-state index < -0.39 is 0 Å². The average molecular weight is 185 g/mol. The molecule has 1 aromatic rings. The topological polar surface area (TPSA) is 37.6 Å². The van der Waals surface area contributed by atoms with E-state index in [4.69, 9.17) is 0 Å². The Morgan fingerprint density at radius 2 is 2.07 bits per heavy atom. The summed E-state index contributed by atoms with van der Waals surface area (Å²) in [6.07, 6.45) is 8.48. The minimum absolute atomic E-state index is 0.244. The number of hydrogen-bond acceptors (Lipinski definition) is 3. The molecule has 0 aromatic carbocycles. The Bertz CT molecular complexity index is 401. The molecule has 3 rings (SSSR count). The SMILES string of the molecule is C1=CCC(C2N=Nc3ncccc32)C1. The summed E-state index contributed by atoms with van der Waals surface area (Å²) in [7, 11) is 0. The first-order chi connectivity index (χ1) is 6.95. The summed E-state index contributed by atoms with van der Waals surface area (Å²) in [5, 5.41) is 8.42. The Morgan fingerprint density at radius 3 is 2.93 bits per heavy atom. The highest BCUT2D eigenvalue weighted by atomic mass is 15.2. The van der Waals surface area contributed by atoms with Crippen LogP contribution in [0.5, 0.6) is 0 Å². The summed E-state index contributed by atoms with van der Waals surface area (Å²) < 4.78 is 0. The van der Waals surface area contributed by atoms with Crippen LogP contribution in [0.3, 0.4) is 0 Å². The van der Waals surface area contributed by atoms with E-state index in [0.29, 0.717) is 5.92 Å². The van der Waals surface area contributed by atoms with E-state index in [9.17, 15) is 0 Å². The van der Waals surface area contributed by atoms with Crippen LogP contribution >= 0.6 is 0 Å². The van der Waals surface area contributed by atoms with Gasteiger partial charge in [0.2, 0.25) is 0 Å². The van der Waals surface area contributed by atoms with Crippen LogP contribution in [0, 0.1) is 5.92 Å². The molecule has 2 heterocycles. The first-order valence-corrected chi connectivity index (χ1v) is 4.96. The van der Waals surface area contributed by atoms with Crippen LogP contribution in [0.4, 0.5) is 5.82 Å². The smallest absolute Gasteiger partial charge is 0.179 e. The molecular weight excluding hydrogens is 174 g/mol. The van der Waals surface area contributed by atoms with Gasteiger partial charge in [0.05, 0.1) is 0 Å². The molecule has 0 radical (unpaired) electrons. The van der Waals surface area contributed by atoms with Gasteiger partial charge in [-0.2, -0.15) is 5.11 Å². The van der Waals surface area contributed by atoms with Gasteiger partial charge < -0.3 is 0 Å². The molecule has 3 heteroatoms. The van der Waals surface area contributed by atoms with E-state index in [0.717, 1.165) is 18.7 Å². The molecule has 0 saturated heterocycles. The molecule has 1 aliphatic heterocycles. The summed E-state index contributed by atoms with van der Waals surface area (Å²) in [5.41, 5.74) is 1.20. The van der Waals surface area contributed by atoms with Gasteiger partial charge in [0, 0.05) is 11.8 Å². The molecule has 1 unspecified atom stereocenters. The average Bonchev–Trinajstić information content (AvgIpc) is 2.85. The highest BCUT2D eigenvalue weighted by Crippen LogP contribution is 2.42. The zero-order valence-electron chi connectivity index (χ0n) is 7.80. The van der Waals surface area contributed by atoms with Crippen molar-refractivity contribution in [3.63, 3.8) is 0 Å². The maximum atomic E-state index is 4.31. The Kier molecular flexibility index (Phi) is 1.69. The second kappa shape index (κ2) is 3.01. The molecule has 0 N–H and O–H groups in total. The van der Waals surface area contributed by atoms with Crippen molar-refractivity contribution in [1.82, 2.24) is 4.98 Å². The predicted octanol–water partition coefficient (Wildman–Crippen LogP) is 3.19. The molecule has 0 bridgehead atoms. The molecule has 0 saturated carbocycles. The number of aromatic nitrogens is 1. The quantitative estimate of drug-likeness (QED) is 0.619. The molecule has 0 spiro atoms. The van der Waals surface area contributed by atoms with Gasteiger partial charge in [-0.05, 0) is 24.8 Å². The molecule has 1 aromatic heterocycles. The lowest BCUT2D eigenvalue weighted by Gasteiger charge is -2.14. The molecule has 2 aliphatic rings. The van der Waals surface area contributed by atoms with Crippen molar-refractivity contribution >= 4 is 5.82 Å². The Balaban J connectivity index is 1.94. The first-order valence-electron chi connectivity index (χ1n) is 4.96. The Labute approximate surface area is 82.6 Å². The van der Waals surface area contributed by atoms with E-state index in [1.54, 1.807) is 6.20 Å². The summed E-state index contributed by atoms with van der Waals surface area (Å²) in [5.74, 6) is 1.41. The lowest BCUT2D eigenvalue weighted by atomic mass is 9.93. The number of allylic oxidation sites excluding steroid dienone is 2. The number of azo groups is 1. The zero-order valence-corrected chi connectivity index (χ0v) is 7.80. The molecule has 3 nitrogen and oxygen atoms in total. The maximum Gasteiger partial charge on any atom is 0.179 e. The van der Waals surface area contributed by atoms with Gasteiger partial charge in [-0.15, -0.1) is 5.11 Å². The van der Waals surface area contributed by atoms with Crippen molar-refractivity contribution < 1.29 is 0 Å². The summed E-state index contributed by atoms with van der Waals surface area (Å²) in [6, 6.07) is 4.30. The molecule has 0 amide bonds. The predicted molar refractivity (Wildman–Crippen MR) is 53.4 cm³/mol. The molecular formula is C11H11N3. The maximum absolute atomic E-state index is 4.31. The van der Waals surface area contributed by atoms with Gasteiger partial charge in [0.1, 0.15) is 6.04 Å². The second-order valence-electron chi connectivity index (χ2n) is 3.78. The van der Waals surface area contributed by atoms with Crippen molar-refractivity contribution in [3.8, 4) is 0 Å². The highest BCUT2D eigenvalue weighted by molar-refractivity contribution is 5.43. The summed E-state index contributed by atoms with van der Waals surface area (Å²) in [6.45, 7) is 0. The number of rotatable bonds is 1.